The van der Waals surface area contributed by atoms with Crippen LogP contribution in [-0.2, 0) is 21.2 Å². The molecule has 150 valence electrons. The summed E-state index contributed by atoms with van der Waals surface area (Å²) in [5.74, 6) is -0.345. The SMILES string of the molecule is CCc1ccc(S(=O)(=O)NCC2CCOc3c(OCC(=O)O)cccc32)cc1. The second kappa shape index (κ2) is 8.62. The highest BCUT2D eigenvalue weighted by Crippen LogP contribution is 2.40. The summed E-state index contributed by atoms with van der Waals surface area (Å²) in [6.07, 6.45) is 1.49. The molecule has 0 fully saturated rings. The Morgan fingerprint density at radius 2 is 2.00 bits per heavy atom. The largest absolute Gasteiger partial charge is 0.489 e. The third kappa shape index (κ3) is 4.63. The Hall–Kier alpha value is -2.58. The maximum Gasteiger partial charge on any atom is 0.341 e. The highest BCUT2D eigenvalue weighted by atomic mass is 32.2. The van der Waals surface area contributed by atoms with Crippen molar-refractivity contribution < 1.29 is 27.8 Å². The molecule has 1 heterocycles. The van der Waals surface area contributed by atoms with Gasteiger partial charge in [-0.15, -0.1) is 0 Å². The van der Waals surface area contributed by atoms with Crippen molar-refractivity contribution >= 4 is 16.0 Å². The summed E-state index contributed by atoms with van der Waals surface area (Å²) in [5.41, 5.74) is 1.88. The fourth-order valence-electron chi connectivity index (χ4n) is 3.13. The minimum Gasteiger partial charge on any atom is -0.489 e. The molecule has 0 spiro atoms. The van der Waals surface area contributed by atoms with Crippen molar-refractivity contribution in [1.82, 2.24) is 4.72 Å². The minimum atomic E-state index is -3.62. The minimum absolute atomic E-state index is 0.0955. The number of nitrogens with one attached hydrogen (secondary N) is 1. The number of fused-ring (bicyclic) bond motifs is 1. The molecule has 1 atom stereocenters. The summed E-state index contributed by atoms with van der Waals surface area (Å²) in [6, 6.07) is 12.1. The average molecular weight is 405 g/mol. The number of rotatable bonds is 8. The van der Waals surface area contributed by atoms with Crippen LogP contribution in [-0.4, -0.2) is 39.3 Å². The van der Waals surface area contributed by atoms with Gasteiger partial charge in [0.25, 0.3) is 0 Å². The van der Waals surface area contributed by atoms with Crippen LogP contribution in [0.15, 0.2) is 47.4 Å². The highest BCUT2D eigenvalue weighted by Gasteiger charge is 2.26. The first-order chi connectivity index (χ1) is 13.4. The average Bonchev–Trinajstić information content (AvgIpc) is 2.70. The number of carboxylic acids is 1. The van der Waals surface area contributed by atoms with Gasteiger partial charge in [0.15, 0.2) is 18.1 Å². The highest BCUT2D eigenvalue weighted by molar-refractivity contribution is 7.89. The number of carboxylic acid groups (broad SMARTS) is 1. The maximum atomic E-state index is 12.6. The standard InChI is InChI=1S/C20H23NO6S/c1-2-14-6-8-16(9-7-14)28(24,25)21-12-15-10-11-26-20-17(15)4-3-5-18(20)27-13-19(22)23/h3-9,15,21H,2,10-13H2,1H3,(H,22,23). The molecule has 8 heteroatoms. The van der Waals surface area contributed by atoms with Crippen LogP contribution in [0.25, 0.3) is 0 Å². The molecular formula is C20H23NO6S. The molecule has 0 aliphatic carbocycles. The Kier molecular flexibility index (Phi) is 6.21. The van der Waals surface area contributed by atoms with Gasteiger partial charge in [0.05, 0.1) is 11.5 Å². The number of aliphatic carboxylic acids is 1. The number of para-hydroxylation sites is 1. The molecule has 0 bridgehead atoms. The van der Waals surface area contributed by atoms with Gasteiger partial charge in [0, 0.05) is 18.0 Å². The molecule has 1 unspecified atom stereocenters. The molecule has 0 amide bonds. The molecule has 0 radical (unpaired) electrons. The molecular weight excluding hydrogens is 382 g/mol. The topological polar surface area (TPSA) is 102 Å². The molecule has 1 aliphatic rings. The number of sulfonamides is 1. The van der Waals surface area contributed by atoms with Gasteiger partial charge in [0.1, 0.15) is 0 Å². The van der Waals surface area contributed by atoms with Crippen LogP contribution < -0.4 is 14.2 Å². The fraction of sp³-hybridized carbons (Fsp3) is 0.350. The van der Waals surface area contributed by atoms with Gasteiger partial charge in [-0.1, -0.05) is 31.2 Å². The number of benzene rings is 2. The maximum absolute atomic E-state index is 12.6. The van der Waals surface area contributed by atoms with Crippen molar-refractivity contribution in [1.29, 1.82) is 0 Å². The molecule has 0 saturated heterocycles. The summed E-state index contributed by atoms with van der Waals surface area (Å²) in [5, 5.41) is 8.80. The number of aryl methyl sites for hydroxylation is 1. The number of hydrogen-bond donors (Lipinski definition) is 2. The molecule has 2 N–H and O–H groups in total. The molecule has 2 aromatic carbocycles. The zero-order chi connectivity index (χ0) is 20.1. The first kappa shape index (κ1) is 20.2. The smallest absolute Gasteiger partial charge is 0.341 e. The summed E-state index contributed by atoms with van der Waals surface area (Å²) >= 11 is 0. The third-order valence-electron chi connectivity index (χ3n) is 4.67. The second-order valence-corrected chi connectivity index (χ2v) is 8.31. The van der Waals surface area contributed by atoms with E-state index in [0.717, 1.165) is 17.5 Å². The van der Waals surface area contributed by atoms with E-state index in [-0.39, 0.29) is 17.4 Å². The Balaban J connectivity index is 1.74. The Morgan fingerprint density at radius 1 is 1.25 bits per heavy atom. The zero-order valence-electron chi connectivity index (χ0n) is 15.6. The molecule has 3 rings (SSSR count). The number of hydrogen-bond acceptors (Lipinski definition) is 5. The van der Waals surface area contributed by atoms with Gasteiger partial charge in [-0.3, -0.25) is 0 Å². The normalized spacial score (nSPS) is 16.1. The van der Waals surface area contributed by atoms with E-state index < -0.39 is 22.6 Å². The summed E-state index contributed by atoms with van der Waals surface area (Å²) in [6.45, 7) is 2.16. The van der Waals surface area contributed by atoms with E-state index >= 15 is 0 Å². The van der Waals surface area contributed by atoms with Crippen molar-refractivity contribution in [3.63, 3.8) is 0 Å². The molecule has 0 saturated carbocycles. The second-order valence-electron chi connectivity index (χ2n) is 6.54. The fourth-order valence-corrected chi connectivity index (χ4v) is 4.21. The molecule has 2 aromatic rings. The predicted molar refractivity (Wildman–Crippen MR) is 103 cm³/mol. The van der Waals surface area contributed by atoms with Gasteiger partial charge in [-0.2, -0.15) is 0 Å². The first-order valence-electron chi connectivity index (χ1n) is 9.09. The van der Waals surface area contributed by atoms with Crippen LogP contribution in [0.2, 0.25) is 0 Å². The van der Waals surface area contributed by atoms with E-state index in [1.165, 1.54) is 0 Å². The van der Waals surface area contributed by atoms with E-state index in [4.69, 9.17) is 14.6 Å². The van der Waals surface area contributed by atoms with Gasteiger partial charge < -0.3 is 14.6 Å². The summed E-state index contributed by atoms with van der Waals surface area (Å²) in [4.78, 5) is 11.0. The van der Waals surface area contributed by atoms with Gasteiger partial charge in [0.2, 0.25) is 10.0 Å². The van der Waals surface area contributed by atoms with Crippen LogP contribution in [0.3, 0.4) is 0 Å². The Bertz CT molecular complexity index is 940. The Morgan fingerprint density at radius 3 is 2.68 bits per heavy atom. The molecule has 28 heavy (non-hydrogen) atoms. The van der Waals surface area contributed by atoms with Crippen molar-refractivity contribution in [3.8, 4) is 11.5 Å². The van der Waals surface area contributed by atoms with Crippen LogP contribution in [0.5, 0.6) is 11.5 Å². The predicted octanol–water partition coefficient (Wildman–Crippen LogP) is 2.56. The Labute approximate surface area is 164 Å². The molecule has 7 nitrogen and oxygen atoms in total. The molecule has 1 aliphatic heterocycles. The van der Waals surface area contributed by atoms with Gasteiger partial charge in [-0.05, 0) is 36.6 Å². The van der Waals surface area contributed by atoms with E-state index in [9.17, 15) is 13.2 Å². The van der Waals surface area contributed by atoms with E-state index in [1.54, 1.807) is 24.3 Å². The van der Waals surface area contributed by atoms with Crippen LogP contribution in [0.4, 0.5) is 0 Å². The monoisotopic (exact) mass is 405 g/mol. The summed E-state index contributed by atoms with van der Waals surface area (Å²) in [7, 11) is -3.62. The van der Waals surface area contributed by atoms with Crippen molar-refractivity contribution in [2.45, 2.75) is 30.6 Å². The van der Waals surface area contributed by atoms with Crippen molar-refractivity contribution in [2.24, 2.45) is 0 Å². The van der Waals surface area contributed by atoms with Crippen molar-refractivity contribution in [2.75, 3.05) is 19.8 Å². The van der Waals surface area contributed by atoms with Gasteiger partial charge in [-0.25, -0.2) is 17.9 Å². The zero-order valence-corrected chi connectivity index (χ0v) is 16.4. The van der Waals surface area contributed by atoms with Gasteiger partial charge >= 0.3 is 5.97 Å². The van der Waals surface area contributed by atoms with Crippen LogP contribution >= 0.6 is 0 Å². The quantitative estimate of drug-likeness (QED) is 0.700. The van der Waals surface area contributed by atoms with E-state index in [1.807, 2.05) is 25.1 Å². The number of carbonyl (C=O) groups is 1. The van der Waals surface area contributed by atoms with Crippen molar-refractivity contribution in [3.05, 3.63) is 53.6 Å². The molecule has 0 aromatic heterocycles. The lowest BCUT2D eigenvalue weighted by atomic mass is 9.93. The first-order valence-corrected chi connectivity index (χ1v) is 10.6. The number of ether oxygens (including phenoxy) is 2. The van der Waals surface area contributed by atoms with E-state index in [0.29, 0.717) is 24.5 Å². The third-order valence-corrected chi connectivity index (χ3v) is 6.11. The lowest BCUT2D eigenvalue weighted by Crippen LogP contribution is -2.31. The van der Waals surface area contributed by atoms with E-state index in [2.05, 4.69) is 4.72 Å². The summed E-state index contributed by atoms with van der Waals surface area (Å²) < 4.78 is 38.8. The lowest BCUT2D eigenvalue weighted by Gasteiger charge is -2.27. The van der Waals surface area contributed by atoms with Crippen LogP contribution in [0, 0.1) is 0 Å². The lowest BCUT2D eigenvalue weighted by molar-refractivity contribution is -0.139. The van der Waals surface area contributed by atoms with Crippen LogP contribution in [0.1, 0.15) is 30.4 Å².